The van der Waals surface area contributed by atoms with E-state index in [1.54, 1.807) is 0 Å². The number of rotatable bonds is 4. The second-order valence-corrected chi connectivity index (χ2v) is 6.38. The van der Waals surface area contributed by atoms with Gasteiger partial charge in [0.25, 0.3) is 0 Å². The average Bonchev–Trinajstić information content (AvgIpc) is 2.55. The fourth-order valence-corrected chi connectivity index (χ4v) is 3.34. The van der Waals surface area contributed by atoms with E-state index in [1.165, 1.54) is 0 Å². The zero-order valence-corrected chi connectivity index (χ0v) is 13.2. The molecule has 1 saturated heterocycles. The summed E-state index contributed by atoms with van der Waals surface area (Å²) in [4.78, 5) is 7.02. The van der Waals surface area contributed by atoms with Crippen LogP contribution in [0.5, 0.6) is 0 Å². The maximum atomic E-state index is 9.71. The largest absolute Gasteiger partial charge is 0.394 e. The number of aliphatic hydroxyl groups excluding tert-OH is 2. The smallest absolute Gasteiger partial charge is 0.0891 e. The third-order valence-corrected chi connectivity index (χ3v) is 4.78. The molecule has 4 nitrogen and oxygen atoms in total. The van der Waals surface area contributed by atoms with Crippen molar-refractivity contribution in [2.75, 3.05) is 19.7 Å². The van der Waals surface area contributed by atoms with Crippen LogP contribution in [0.15, 0.2) is 30.3 Å². The molecule has 5 heteroatoms. The number of pyridine rings is 1. The van der Waals surface area contributed by atoms with Crippen molar-refractivity contribution in [1.82, 2.24) is 9.88 Å². The lowest BCUT2D eigenvalue weighted by Gasteiger charge is -2.33. The van der Waals surface area contributed by atoms with Crippen molar-refractivity contribution >= 4 is 22.5 Å². The van der Waals surface area contributed by atoms with Gasteiger partial charge in [-0.15, -0.1) is 0 Å². The Hall–Kier alpha value is -1.20. The summed E-state index contributed by atoms with van der Waals surface area (Å²) >= 11 is 6.21. The standard InChI is InChI=1S/C17H21ClN2O2/c18-15-3-1-2-13-4-5-14(19-17(13)15)10-20-8-6-12(7-9-20)16(22)11-21/h1-5,12,16,21-22H,6-11H2. The quantitative estimate of drug-likeness (QED) is 0.908. The Bertz CT molecular complexity index is 642. The lowest BCUT2D eigenvalue weighted by atomic mass is 9.91. The molecule has 22 heavy (non-hydrogen) atoms. The lowest BCUT2D eigenvalue weighted by molar-refractivity contribution is 0.0170. The van der Waals surface area contributed by atoms with Crippen molar-refractivity contribution in [3.8, 4) is 0 Å². The number of hydrogen-bond acceptors (Lipinski definition) is 4. The third kappa shape index (κ3) is 3.41. The lowest BCUT2D eigenvalue weighted by Crippen LogP contribution is -2.38. The summed E-state index contributed by atoms with van der Waals surface area (Å²) in [6.45, 7) is 2.49. The van der Waals surface area contributed by atoms with E-state index in [-0.39, 0.29) is 12.5 Å². The highest BCUT2D eigenvalue weighted by atomic mass is 35.5. The summed E-state index contributed by atoms with van der Waals surface area (Å²) in [5, 5.41) is 20.5. The molecule has 0 aliphatic carbocycles. The molecular weight excluding hydrogens is 300 g/mol. The van der Waals surface area contributed by atoms with Crippen LogP contribution >= 0.6 is 11.6 Å². The molecule has 1 aliphatic heterocycles. The van der Waals surface area contributed by atoms with Gasteiger partial charge in [-0.05, 0) is 44.0 Å². The highest BCUT2D eigenvalue weighted by Gasteiger charge is 2.24. The van der Waals surface area contributed by atoms with Gasteiger partial charge in [0.15, 0.2) is 0 Å². The van der Waals surface area contributed by atoms with Gasteiger partial charge >= 0.3 is 0 Å². The first kappa shape index (κ1) is 15.7. The third-order valence-electron chi connectivity index (χ3n) is 4.48. The predicted molar refractivity (Wildman–Crippen MR) is 87.8 cm³/mol. The van der Waals surface area contributed by atoms with Gasteiger partial charge in [0.1, 0.15) is 0 Å². The van der Waals surface area contributed by atoms with E-state index in [9.17, 15) is 5.11 Å². The fraction of sp³-hybridized carbons (Fsp3) is 0.471. The molecule has 2 aromatic rings. The summed E-state index contributed by atoms with van der Waals surface area (Å²) in [5.41, 5.74) is 1.87. The van der Waals surface area contributed by atoms with Gasteiger partial charge in [-0.1, -0.05) is 29.8 Å². The van der Waals surface area contributed by atoms with Crippen LogP contribution in [0.4, 0.5) is 0 Å². The zero-order chi connectivity index (χ0) is 15.5. The molecular formula is C17H21ClN2O2. The molecule has 118 valence electrons. The number of aromatic nitrogens is 1. The number of fused-ring (bicyclic) bond motifs is 1. The highest BCUT2D eigenvalue weighted by molar-refractivity contribution is 6.35. The molecule has 0 radical (unpaired) electrons. The van der Waals surface area contributed by atoms with Crippen LogP contribution < -0.4 is 0 Å². The number of nitrogens with zero attached hydrogens (tertiary/aromatic N) is 2. The van der Waals surface area contributed by atoms with Crippen LogP contribution in [-0.4, -0.2) is 45.9 Å². The first-order chi connectivity index (χ1) is 10.7. The maximum Gasteiger partial charge on any atom is 0.0891 e. The molecule has 2 heterocycles. The molecule has 2 N–H and O–H groups in total. The molecule has 3 rings (SSSR count). The monoisotopic (exact) mass is 320 g/mol. The van der Waals surface area contributed by atoms with Gasteiger partial charge < -0.3 is 10.2 Å². The number of piperidine rings is 1. The first-order valence-electron chi connectivity index (χ1n) is 7.73. The minimum atomic E-state index is -0.584. The van der Waals surface area contributed by atoms with Crippen LogP contribution in [0.2, 0.25) is 5.02 Å². The topological polar surface area (TPSA) is 56.6 Å². The van der Waals surface area contributed by atoms with E-state index < -0.39 is 6.10 Å². The molecule has 0 bridgehead atoms. The molecule has 1 fully saturated rings. The van der Waals surface area contributed by atoms with Crippen molar-refractivity contribution in [3.05, 3.63) is 41.0 Å². The molecule has 0 spiro atoms. The molecule has 1 unspecified atom stereocenters. The Kier molecular flexibility index (Phi) is 4.93. The van der Waals surface area contributed by atoms with Crippen LogP contribution in [0.25, 0.3) is 10.9 Å². The van der Waals surface area contributed by atoms with Gasteiger partial charge in [0.2, 0.25) is 0 Å². The van der Waals surface area contributed by atoms with E-state index >= 15 is 0 Å². The van der Waals surface area contributed by atoms with Gasteiger partial charge in [0.05, 0.1) is 28.9 Å². The summed E-state index contributed by atoms with van der Waals surface area (Å²) < 4.78 is 0. The summed E-state index contributed by atoms with van der Waals surface area (Å²) in [6.07, 6.45) is 1.24. The maximum absolute atomic E-state index is 9.71. The Morgan fingerprint density at radius 3 is 2.73 bits per heavy atom. The van der Waals surface area contributed by atoms with Crippen LogP contribution in [0, 0.1) is 5.92 Å². The Morgan fingerprint density at radius 2 is 2.00 bits per heavy atom. The molecule has 0 saturated carbocycles. The normalized spacial score (nSPS) is 18.7. The molecule has 1 aromatic heterocycles. The Balaban J connectivity index is 1.66. The molecule has 1 aromatic carbocycles. The molecule has 0 amide bonds. The Labute approximate surface area is 135 Å². The summed E-state index contributed by atoms with van der Waals surface area (Å²) in [6, 6.07) is 9.92. The fourth-order valence-electron chi connectivity index (χ4n) is 3.11. The first-order valence-corrected chi connectivity index (χ1v) is 8.10. The van der Waals surface area contributed by atoms with E-state index in [2.05, 4.69) is 16.0 Å². The zero-order valence-electron chi connectivity index (χ0n) is 12.5. The highest BCUT2D eigenvalue weighted by Crippen LogP contribution is 2.24. The number of benzene rings is 1. The van der Waals surface area contributed by atoms with Gasteiger partial charge in [-0.2, -0.15) is 0 Å². The summed E-state index contributed by atoms with van der Waals surface area (Å²) in [5.74, 6) is 0.209. The average molecular weight is 321 g/mol. The van der Waals surface area contributed by atoms with Gasteiger partial charge in [-0.3, -0.25) is 4.90 Å². The van der Waals surface area contributed by atoms with E-state index in [1.807, 2.05) is 24.3 Å². The number of para-hydroxylation sites is 1. The van der Waals surface area contributed by atoms with Crippen molar-refractivity contribution in [3.63, 3.8) is 0 Å². The predicted octanol–water partition coefficient (Wildman–Crippen LogP) is 2.45. The number of likely N-dealkylation sites (tertiary alicyclic amines) is 1. The van der Waals surface area contributed by atoms with Crippen LogP contribution in [-0.2, 0) is 6.54 Å². The number of hydrogen-bond donors (Lipinski definition) is 2. The van der Waals surface area contributed by atoms with E-state index in [0.717, 1.165) is 49.1 Å². The minimum Gasteiger partial charge on any atom is -0.394 e. The minimum absolute atomic E-state index is 0.143. The molecule has 1 atom stereocenters. The second kappa shape index (κ2) is 6.92. The van der Waals surface area contributed by atoms with Gasteiger partial charge in [0, 0.05) is 11.9 Å². The second-order valence-electron chi connectivity index (χ2n) is 5.98. The van der Waals surface area contributed by atoms with Crippen molar-refractivity contribution in [1.29, 1.82) is 0 Å². The molecule has 1 aliphatic rings. The SMILES string of the molecule is OCC(O)C1CCN(Cc2ccc3cccc(Cl)c3n2)CC1. The van der Waals surface area contributed by atoms with Crippen molar-refractivity contribution in [2.24, 2.45) is 5.92 Å². The van der Waals surface area contributed by atoms with Gasteiger partial charge in [-0.25, -0.2) is 4.98 Å². The van der Waals surface area contributed by atoms with Crippen molar-refractivity contribution in [2.45, 2.75) is 25.5 Å². The Morgan fingerprint density at radius 1 is 1.23 bits per heavy atom. The van der Waals surface area contributed by atoms with Crippen molar-refractivity contribution < 1.29 is 10.2 Å². The van der Waals surface area contributed by atoms with Crippen LogP contribution in [0.3, 0.4) is 0 Å². The van der Waals surface area contributed by atoms with Crippen LogP contribution in [0.1, 0.15) is 18.5 Å². The number of aliphatic hydroxyl groups is 2. The number of halogens is 1. The summed E-state index contributed by atoms with van der Waals surface area (Å²) in [7, 11) is 0. The van der Waals surface area contributed by atoms with E-state index in [4.69, 9.17) is 16.7 Å². The van der Waals surface area contributed by atoms with E-state index in [0.29, 0.717) is 5.02 Å².